The smallest absolute Gasteiger partial charge is 0.368 e. The van der Waals surface area contributed by atoms with Gasteiger partial charge in [-0.15, -0.1) is 0 Å². The van der Waals surface area contributed by atoms with Gasteiger partial charge in [-0.05, 0) is 35.9 Å². The van der Waals surface area contributed by atoms with E-state index >= 15 is 0 Å². The predicted molar refractivity (Wildman–Crippen MR) is 84.8 cm³/mol. The van der Waals surface area contributed by atoms with E-state index in [4.69, 9.17) is 17.3 Å². The van der Waals surface area contributed by atoms with E-state index in [1.807, 2.05) is 0 Å². The zero-order chi connectivity index (χ0) is 18.6. The van der Waals surface area contributed by atoms with Crippen LogP contribution in [0.25, 0.3) is 0 Å². The van der Waals surface area contributed by atoms with Crippen molar-refractivity contribution < 1.29 is 22.8 Å². The van der Waals surface area contributed by atoms with Gasteiger partial charge >= 0.3 is 6.18 Å². The molecule has 0 saturated heterocycles. The molecule has 1 heterocycles. The molecule has 9 heteroatoms. The van der Waals surface area contributed by atoms with E-state index in [1.165, 1.54) is 12.3 Å². The summed E-state index contributed by atoms with van der Waals surface area (Å²) in [4.78, 5) is 27.5. The summed E-state index contributed by atoms with van der Waals surface area (Å²) in [6, 6.07) is 5.73. The molecule has 0 bridgehead atoms. The number of hydrogen-bond donors (Lipinski definition) is 2. The molecule has 3 N–H and O–H groups in total. The van der Waals surface area contributed by atoms with Crippen LogP contribution in [0.3, 0.4) is 0 Å². The van der Waals surface area contributed by atoms with E-state index in [0.29, 0.717) is 5.56 Å². The molecule has 25 heavy (non-hydrogen) atoms. The lowest BCUT2D eigenvalue weighted by Gasteiger charge is -2.16. The van der Waals surface area contributed by atoms with Crippen LogP contribution in [0.4, 0.5) is 13.2 Å². The van der Waals surface area contributed by atoms with Crippen LogP contribution in [0.2, 0.25) is 5.15 Å². The molecule has 1 atom stereocenters. The van der Waals surface area contributed by atoms with E-state index in [0.717, 1.165) is 24.3 Å². The predicted octanol–water partition coefficient (Wildman–Crippen LogP) is 2.58. The number of carbonyl (C=O) groups excluding carboxylic acids is 2. The van der Waals surface area contributed by atoms with Crippen molar-refractivity contribution in [3.05, 3.63) is 64.4 Å². The Labute approximate surface area is 146 Å². The summed E-state index contributed by atoms with van der Waals surface area (Å²) in [7, 11) is 0. The van der Waals surface area contributed by atoms with Gasteiger partial charge in [-0.25, -0.2) is 4.98 Å². The maximum Gasteiger partial charge on any atom is 0.416 e. The molecule has 0 spiro atoms. The second-order valence-electron chi connectivity index (χ2n) is 5.20. The molecule has 1 aromatic heterocycles. The van der Waals surface area contributed by atoms with Gasteiger partial charge in [0, 0.05) is 18.2 Å². The number of nitrogens with one attached hydrogen (secondary N) is 1. The number of nitrogens with zero attached hydrogens (tertiary/aromatic N) is 1. The average Bonchev–Trinajstić information content (AvgIpc) is 2.55. The van der Waals surface area contributed by atoms with Crippen LogP contribution in [0, 0.1) is 0 Å². The number of rotatable bonds is 5. The normalized spacial score (nSPS) is 12.5. The third-order valence-electron chi connectivity index (χ3n) is 3.35. The van der Waals surface area contributed by atoms with E-state index < -0.39 is 29.6 Å². The first kappa shape index (κ1) is 18.7. The van der Waals surface area contributed by atoms with Gasteiger partial charge in [0.25, 0.3) is 5.91 Å². The number of carbonyl (C=O) groups is 2. The molecule has 0 unspecified atom stereocenters. The van der Waals surface area contributed by atoms with Gasteiger partial charge < -0.3 is 11.1 Å². The molecule has 132 valence electrons. The number of amides is 2. The molecule has 0 saturated carbocycles. The standard InChI is InChI=1S/C16H13ClF3N3O2/c17-13-6-1-9(8-22-13)7-12(14(21)24)23-15(25)10-2-4-11(5-3-10)16(18,19)20/h1-6,8,12H,7H2,(H2,21,24)(H,23,25)/t12-/m1/s1. The Morgan fingerprint density at radius 2 is 1.80 bits per heavy atom. The Hall–Kier alpha value is -2.61. The zero-order valence-corrected chi connectivity index (χ0v) is 13.4. The number of primary amides is 1. The number of pyridine rings is 1. The minimum Gasteiger partial charge on any atom is -0.368 e. The van der Waals surface area contributed by atoms with Crippen molar-refractivity contribution in [3.8, 4) is 0 Å². The second kappa shape index (κ2) is 7.52. The largest absolute Gasteiger partial charge is 0.416 e. The molecule has 1 aromatic carbocycles. The fraction of sp³-hybridized carbons (Fsp3) is 0.188. The third-order valence-corrected chi connectivity index (χ3v) is 3.58. The summed E-state index contributed by atoms with van der Waals surface area (Å²) in [5.74, 6) is -1.49. The Morgan fingerprint density at radius 3 is 2.28 bits per heavy atom. The first-order chi connectivity index (χ1) is 11.7. The summed E-state index contributed by atoms with van der Waals surface area (Å²) < 4.78 is 37.6. The van der Waals surface area contributed by atoms with Crippen LogP contribution in [-0.4, -0.2) is 22.8 Å². The minimum atomic E-state index is -4.49. The monoisotopic (exact) mass is 371 g/mol. The highest BCUT2D eigenvalue weighted by atomic mass is 35.5. The summed E-state index contributed by atoms with van der Waals surface area (Å²) in [5, 5.41) is 2.67. The van der Waals surface area contributed by atoms with Crippen molar-refractivity contribution in [1.82, 2.24) is 10.3 Å². The molecule has 0 aliphatic carbocycles. The van der Waals surface area contributed by atoms with E-state index in [9.17, 15) is 22.8 Å². The summed E-state index contributed by atoms with van der Waals surface area (Å²) in [6.07, 6.45) is -2.99. The lowest BCUT2D eigenvalue weighted by Crippen LogP contribution is -2.45. The first-order valence-corrected chi connectivity index (χ1v) is 7.42. The van der Waals surface area contributed by atoms with Crippen LogP contribution in [0.5, 0.6) is 0 Å². The van der Waals surface area contributed by atoms with Crippen molar-refractivity contribution in [1.29, 1.82) is 0 Å². The highest BCUT2D eigenvalue weighted by Crippen LogP contribution is 2.29. The fourth-order valence-corrected chi connectivity index (χ4v) is 2.15. The van der Waals surface area contributed by atoms with Crippen molar-refractivity contribution in [2.24, 2.45) is 5.73 Å². The van der Waals surface area contributed by atoms with Gasteiger partial charge in [0.15, 0.2) is 0 Å². The third kappa shape index (κ3) is 5.18. The average molecular weight is 372 g/mol. The van der Waals surface area contributed by atoms with Crippen molar-refractivity contribution in [2.45, 2.75) is 18.6 Å². The number of nitrogens with two attached hydrogens (primary N) is 1. The number of halogens is 4. The molecule has 0 radical (unpaired) electrons. The minimum absolute atomic E-state index is 0.0199. The number of hydrogen-bond acceptors (Lipinski definition) is 3. The lowest BCUT2D eigenvalue weighted by atomic mass is 10.1. The van der Waals surface area contributed by atoms with Crippen LogP contribution in [0.15, 0.2) is 42.6 Å². The Morgan fingerprint density at radius 1 is 1.16 bits per heavy atom. The maximum absolute atomic E-state index is 12.5. The number of alkyl halides is 3. The van der Waals surface area contributed by atoms with Crippen molar-refractivity contribution in [3.63, 3.8) is 0 Å². The molecule has 0 aliphatic heterocycles. The summed E-state index contributed by atoms with van der Waals surface area (Å²) >= 11 is 5.67. The quantitative estimate of drug-likeness (QED) is 0.792. The van der Waals surface area contributed by atoms with E-state index in [2.05, 4.69) is 10.3 Å². The maximum atomic E-state index is 12.5. The molecule has 5 nitrogen and oxygen atoms in total. The fourth-order valence-electron chi connectivity index (χ4n) is 2.04. The van der Waals surface area contributed by atoms with Gasteiger partial charge in [-0.1, -0.05) is 17.7 Å². The summed E-state index contributed by atoms with van der Waals surface area (Å²) in [6.45, 7) is 0. The van der Waals surface area contributed by atoms with Gasteiger partial charge in [-0.2, -0.15) is 13.2 Å². The lowest BCUT2D eigenvalue weighted by molar-refractivity contribution is -0.137. The molecule has 2 rings (SSSR count). The van der Waals surface area contributed by atoms with Crippen LogP contribution in [0.1, 0.15) is 21.5 Å². The molecule has 2 aromatic rings. The van der Waals surface area contributed by atoms with Crippen LogP contribution >= 0.6 is 11.6 Å². The van der Waals surface area contributed by atoms with Crippen LogP contribution in [-0.2, 0) is 17.4 Å². The molecular formula is C16H13ClF3N3O2. The van der Waals surface area contributed by atoms with E-state index in [1.54, 1.807) is 6.07 Å². The second-order valence-corrected chi connectivity index (χ2v) is 5.58. The Bertz CT molecular complexity index is 762. The molecule has 2 amide bonds. The van der Waals surface area contributed by atoms with Crippen molar-refractivity contribution >= 4 is 23.4 Å². The highest BCUT2D eigenvalue weighted by Gasteiger charge is 2.30. The molecular weight excluding hydrogens is 359 g/mol. The topological polar surface area (TPSA) is 85.1 Å². The number of benzene rings is 1. The van der Waals surface area contributed by atoms with Gasteiger partial charge in [0.05, 0.1) is 5.56 Å². The highest BCUT2D eigenvalue weighted by molar-refractivity contribution is 6.29. The van der Waals surface area contributed by atoms with Gasteiger partial charge in [-0.3, -0.25) is 9.59 Å². The van der Waals surface area contributed by atoms with Gasteiger partial charge in [0.1, 0.15) is 11.2 Å². The first-order valence-electron chi connectivity index (χ1n) is 7.04. The summed E-state index contributed by atoms with van der Waals surface area (Å²) in [5.41, 5.74) is 4.99. The zero-order valence-electron chi connectivity index (χ0n) is 12.7. The van der Waals surface area contributed by atoms with Crippen molar-refractivity contribution in [2.75, 3.05) is 0 Å². The van der Waals surface area contributed by atoms with Gasteiger partial charge in [0.2, 0.25) is 5.91 Å². The molecule has 0 aliphatic rings. The SMILES string of the molecule is NC(=O)[C@@H](Cc1ccc(Cl)nc1)NC(=O)c1ccc(C(F)(F)F)cc1. The molecule has 0 fully saturated rings. The number of aromatic nitrogens is 1. The Kier molecular flexibility index (Phi) is 5.63. The Balaban J connectivity index is 2.09. The van der Waals surface area contributed by atoms with E-state index in [-0.39, 0.29) is 17.1 Å². The van der Waals surface area contributed by atoms with Crippen LogP contribution < -0.4 is 11.1 Å².